The van der Waals surface area contributed by atoms with Crippen LogP contribution in [0.5, 0.6) is 0 Å². The Bertz CT molecular complexity index is 824. The minimum Gasteiger partial charge on any atom is -0.279 e. The Hall–Kier alpha value is -1.39. The molecule has 0 saturated carbocycles. The van der Waals surface area contributed by atoms with Gasteiger partial charge in [-0.05, 0) is 50.6 Å². The maximum absolute atomic E-state index is 6.34. The highest BCUT2D eigenvalue weighted by Crippen LogP contribution is 2.30. The number of alkyl halides is 1. The fraction of sp³-hybridized carbons (Fsp3) is 0.250. The van der Waals surface area contributed by atoms with Crippen LogP contribution in [0.2, 0.25) is 0 Å². The van der Waals surface area contributed by atoms with Crippen molar-refractivity contribution in [3.63, 3.8) is 0 Å². The van der Waals surface area contributed by atoms with Gasteiger partial charge in [0.05, 0.1) is 11.1 Å². The fourth-order valence-corrected chi connectivity index (χ4v) is 2.89. The van der Waals surface area contributed by atoms with Gasteiger partial charge in [0.2, 0.25) is 0 Å². The third-order valence-corrected chi connectivity index (χ3v) is 4.13. The van der Waals surface area contributed by atoms with Crippen LogP contribution in [0.25, 0.3) is 16.9 Å². The molecule has 108 valence electrons. The van der Waals surface area contributed by atoms with E-state index in [1.165, 1.54) is 0 Å². The fourth-order valence-electron chi connectivity index (χ4n) is 2.40. The molecule has 3 aromatic rings. The summed E-state index contributed by atoms with van der Waals surface area (Å²) in [6.45, 7) is 5.99. The SMILES string of the molecule is Cc1ccc2nc(C(C)Cl)n(-c3cc(Br)ccc3C)c2n1. The third-order valence-electron chi connectivity index (χ3n) is 3.44. The van der Waals surface area contributed by atoms with E-state index in [1.807, 2.05) is 32.0 Å². The standard InChI is InChI=1S/C16H15BrClN3/c1-9-4-6-12(17)8-14(9)21-15(11(3)18)20-13-7-5-10(2)19-16(13)21/h4-8,11H,1-3H3. The highest BCUT2D eigenvalue weighted by Gasteiger charge is 2.18. The lowest BCUT2D eigenvalue weighted by Crippen LogP contribution is -2.05. The van der Waals surface area contributed by atoms with Crippen LogP contribution in [0, 0.1) is 13.8 Å². The van der Waals surface area contributed by atoms with Crippen LogP contribution < -0.4 is 0 Å². The van der Waals surface area contributed by atoms with Gasteiger partial charge in [-0.2, -0.15) is 0 Å². The molecule has 0 aliphatic heterocycles. The lowest BCUT2D eigenvalue weighted by Gasteiger charge is -2.13. The Balaban J connectivity index is 2.41. The molecule has 3 nitrogen and oxygen atoms in total. The predicted molar refractivity (Wildman–Crippen MR) is 90.3 cm³/mol. The van der Waals surface area contributed by atoms with E-state index in [0.717, 1.165) is 38.4 Å². The second kappa shape index (κ2) is 5.43. The van der Waals surface area contributed by atoms with Gasteiger partial charge in [-0.1, -0.05) is 22.0 Å². The number of benzene rings is 1. The summed E-state index contributed by atoms with van der Waals surface area (Å²) in [5, 5.41) is -0.196. The first-order valence-corrected chi connectivity index (χ1v) is 7.97. The van der Waals surface area contributed by atoms with Crippen LogP contribution in [-0.2, 0) is 0 Å². The number of halogens is 2. The van der Waals surface area contributed by atoms with E-state index in [9.17, 15) is 0 Å². The summed E-state index contributed by atoms with van der Waals surface area (Å²) in [5.41, 5.74) is 4.87. The minimum atomic E-state index is -0.196. The van der Waals surface area contributed by atoms with Crippen LogP contribution in [0.1, 0.15) is 29.4 Å². The molecule has 2 aromatic heterocycles. The number of hydrogen-bond donors (Lipinski definition) is 0. The van der Waals surface area contributed by atoms with Gasteiger partial charge < -0.3 is 0 Å². The number of fused-ring (bicyclic) bond motifs is 1. The summed E-state index contributed by atoms with van der Waals surface area (Å²) in [6.07, 6.45) is 0. The zero-order valence-electron chi connectivity index (χ0n) is 12.1. The molecular weight excluding hydrogens is 350 g/mol. The molecule has 0 aliphatic rings. The van der Waals surface area contributed by atoms with E-state index in [4.69, 9.17) is 11.6 Å². The molecule has 0 fully saturated rings. The Labute approximate surface area is 137 Å². The van der Waals surface area contributed by atoms with Crippen molar-refractivity contribution in [2.24, 2.45) is 0 Å². The van der Waals surface area contributed by atoms with E-state index >= 15 is 0 Å². The quantitative estimate of drug-likeness (QED) is 0.592. The van der Waals surface area contributed by atoms with E-state index in [-0.39, 0.29) is 5.38 Å². The average molecular weight is 365 g/mol. The second-order valence-corrected chi connectivity index (χ2v) is 6.72. The van der Waals surface area contributed by atoms with Crippen molar-refractivity contribution in [1.82, 2.24) is 14.5 Å². The zero-order chi connectivity index (χ0) is 15.1. The Morgan fingerprint density at radius 3 is 2.62 bits per heavy atom. The van der Waals surface area contributed by atoms with Crippen molar-refractivity contribution in [2.45, 2.75) is 26.1 Å². The largest absolute Gasteiger partial charge is 0.279 e. The number of pyridine rings is 1. The summed E-state index contributed by atoms with van der Waals surface area (Å²) in [4.78, 5) is 9.31. The van der Waals surface area contributed by atoms with Crippen LogP contribution in [0.4, 0.5) is 0 Å². The molecule has 1 atom stereocenters. The summed E-state index contributed by atoms with van der Waals surface area (Å²) in [7, 11) is 0. The lowest BCUT2D eigenvalue weighted by atomic mass is 10.2. The van der Waals surface area contributed by atoms with Crippen molar-refractivity contribution in [2.75, 3.05) is 0 Å². The first kappa shape index (κ1) is 14.5. The van der Waals surface area contributed by atoms with Gasteiger partial charge in [-0.15, -0.1) is 11.6 Å². The van der Waals surface area contributed by atoms with Crippen molar-refractivity contribution in [3.05, 3.63) is 51.9 Å². The van der Waals surface area contributed by atoms with Gasteiger partial charge in [0.15, 0.2) is 5.65 Å². The number of hydrogen-bond acceptors (Lipinski definition) is 2. The minimum absolute atomic E-state index is 0.196. The Kier molecular flexibility index (Phi) is 3.76. The number of imidazole rings is 1. The molecule has 1 aromatic carbocycles. The summed E-state index contributed by atoms with van der Waals surface area (Å²) >= 11 is 9.87. The molecule has 0 radical (unpaired) electrons. The molecule has 5 heteroatoms. The number of aromatic nitrogens is 3. The highest BCUT2D eigenvalue weighted by molar-refractivity contribution is 9.10. The van der Waals surface area contributed by atoms with Gasteiger partial charge >= 0.3 is 0 Å². The van der Waals surface area contributed by atoms with Crippen molar-refractivity contribution in [1.29, 1.82) is 0 Å². The summed E-state index contributed by atoms with van der Waals surface area (Å²) in [5.74, 6) is 0.811. The smallest absolute Gasteiger partial charge is 0.164 e. The summed E-state index contributed by atoms with van der Waals surface area (Å²) in [6, 6.07) is 10.1. The van der Waals surface area contributed by atoms with Gasteiger partial charge in [-0.25, -0.2) is 9.97 Å². The normalized spacial score (nSPS) is 12.8. The molecule has 0 bridgehead atoms. The van der Waals surface area contributed by atoms with Crippen LogP contribution in [0.15, 0.2) is 34.8 Å². The van der Waals surface area contributed by atoms with Crippen molar-refractivity contribution >= 4 is 38.7 Å². The first-order valence-electron chi connectivity index (χ1n) is 6.74. The molecule has 1 unspecified atom stereocenters. The van der Waals surface area contributed by atoms with Gasteiger partial charge in [-0.3, -0.25) is 4.57 Å². The number of rotatable bonds is 2. The van der Waals surface area contributed by atoms with E-state index in [0.29, 0.717) is 0 Å². The first-order chi connectivity index (χ1) is 9.97. The van der Waals surface area contributed by atoms with Crippen molar-refractivity contribution in [3.8, 4) is 5.69 Å². The number of nitrogens with zero attached hydrogens (tertiary/aromatic N) is 3. The maximum atomic E-state index is 6.34. The molecule has 3 rings (SSSR count). The lowest BCUT2D eigenvalue weighted by molar-refractivity contribution is 0.871. The third kappa shape index (κ3) is 2.58. The molecule has 2 heterocycles. The monoisotopic (exact) mass is 363 g/mol. The molecule has 0 spiro atoms. The predicted octanol–water partition coefficient (Wildman–Crippen LogP) is 5.10. The van der Waals surface area contributed by atoms with Gasteiger partial charge in [0, 0.05) is 10.2 Å². The van der Waals surface area contributed by atoms with Crippen LogP contribution in [0.3, 0.4) is 0 Å². The molecule has 0 N–H and O–H groups in total. The van der Waals surface area contributed by atoms with E-state index < -0.39 is 0 Å². The van der Waals surface area contributed by atoms with Crippen LogP contribution in [-0.4, -0.2) is 14.5 Å². The molecular formula is C16H15BrClN3. The molecule has 0 saturated heterocycles. The second-order valence-electron chi connectivity index (χ2n) is 5.15. The van der Waals surface area contributed by atoms with Gasteiger partial charge in [0.1, 0.15) is 11.3 Å². The van der Waals surface area contributed by atoms with Crippen LogP contribution >= 0.6 is 27.5 Å². The van der Waals surface area contributed by atoms with E-state index in [1.54, 1.807) is 0 Å². The molecule has 21 heavy (non-hydrogen) atoms. The topological polar surface area (TPSA) is 30.7 Å². The number of aryl methyl sites for hydroxylation is 2. The van der Waals surface area contributed by atoms with Crippen molar-refractivity contribution < 1.29 is 0 Å². The Morgan fingerprint density at radius 1 is 1.14 bits per heavy atom. The average Bonchev–Trinajstić information content (AvgIpc) is 2.80. The maximum Gasteiger partial charge on any atom is 0.164 e. The van der Waals surface area contributed by atoms with E-state index in [2.05, 4.69) is 49.5 Å². The molecule has 0 amide bonds. The zero-order valence-corrected chi connectivity index (χ0v) is 14.4. The Morgan fingerprint density at radius 2 is 1.90 bits per heavy atom. The summed E-state index contributed by atoms with van der Waals surface area (Å²) < 4.78 is 3.07. The molecule has 0 aliphatic carbocycles. The van der Waals surface area contributed by atoms with Gasteiger partial charge in [0.25, 0.3) is 0 Å². The highest BCUT2D eigenvalue weighted by atomic mass is 79.9.